The molecule has 4 amide bonds. The number of nitrogens with zero attached hydrogens (tertiary/aromatic N) is 2. The van der Waals surface area contributed by atoms with Gasteiger partial charge >= 0.3 is 6.03 Å². The highest BCUT2D eigenvalue weighted by Crippen LogP contribution is 2.30. The predicted octanol–water partition coefficient (Wildman–Crippen LogP) is 1.38. The fraction of sp³-hybridized carbons (Fsp3) is 0.571. The summed E-state index contributed by atoms with van der Waals surface area (Å²) in [4.78, 5) is 41.1. The number of nitrogens with one attached hydrogen (secondary N) is 2. The van der Waals surface area contributed by atoms with Crippen LogP contribution in [0.25, 0.3) is 0 Å². The maximum absolute atomic E-state index is 12.9. The molecule has 150 valence electrons. The molecule has 0 saturated carbocycles. The molecule has 0 aliphatic carbocycles. The number of carbonyl (C=O) groups is 3. The summed E-state index contributed by atoms with van der Waals surface area (Å²) in [5.41, 5.74) is 1.70. The smallest absolute Gasteiger partial charge is 0.325 e. The van der Waals surface area contributed by atoms with E-state index in [0.29, 0.717) is 44.9 Å². The molecule has 0 bridgehead atoms. The van der Waals surface area contributed by atoms with Crippen LogP contribution in [-0.2, 0) is 9.59 Å². The molecule has 3 aliphatic rings. The lowest BCUT2D eigenvalue weighted by molar-refractivity contribution is -0.140. The number of likely N-dealkylation sites (tertiary alicyclic amines) is 1. The summed E-state index contributed by atoms with van der Waals surface area (Å²) in [5.74, 6) is -0.0923. The molecular weight excluding hydrogens is 356 g/mol. The van der Waals surface area contributed by atoms with Crippen molar-refractivity contribution in [1.29, 1.82) is 0 Å². The molecule has 3 heterocycles. The van der Waals surface area contributed by atoms with Gasteiger partial charge in [0, 0.05) is 19.0 Å². The zero-order chi connectivity index (χ0) is 19.7. The van der Waals surface area contributed by atoms with E-state index in [1.165, 1.54) is 11.1 Å². The van der Waals surface area contributed by atoms with Gasteiger partial charge in [-0.2, -0.15) is 0 Å². The Hall–Kier alpha value is -2.41. The molecule has 3 aliphatic heterocycles. The molecule has 1 aromatic rings. The number of benzene rings is 1. The number of carbonyl (C=O) groups excluding carboxylic acids is 3. The second-order valence-electron chi connectivity index (χ2n) is 8.19. The lowest BCUT2D eigenvalue weighted by Crippen LogP contribution is -2.54. The Kier molecular flexibility index (Phi) is 5.10. The van der Waals surface area contributed by atoms with Crippen LogP contribution >= 0.6 is 0 Å². The van der Waals surface area contributed by atoms with E-state index < -0.39 is 11.6 Å². The van der Waals surface area contributed by atoms with Crippen LogP contribution in [-0.4, -0.2) is 65.9 Å². The highest BCUT2D eigenvalue weighted by atomic mass is 16.2. The molecule has 7 nitrogen and oxygen atoms in total. The Morgan fingerprint density at radius 3 is 2.71 bits per heavy atom. The van der Waals surface area contributed by atoms with Crippen LogP contribution in [0.15, 0.2) is 24.3 Å². The molecule has 1 unspecified atom stereocenters. The van der Waals surface area contributed by atoms with Crippen LogP contribution in [0.3, 0.4) is 0 Å². The van der Waals surface area contributed by atoms with Crippen LogP contribution in [0.4, 0.5) is 4.79 Å². The van der Waals surface area contributed by atoms with Gasteiger partial charge in [0.15, 0.2) is 0 Å². The zero-order valence-corrected chi connectivity index (χ0v) is 16.4. The number of rotatable bonds is 3. The lowest BCUT2D eigenvalue weighted by Gasteiger charge is -2.34. The van der Waals surface area contributed by atoms with E-state index in [2.05, 4.69) is 29.7 Å². The third-order valence-corrected chi connectivity index (χ3v) is 6.40. The molecule has 0 radical (unpaired) electrons. The number of amides is 4. The van der Waals surface area contributed by atoms with Crippen molar-refractivity contribution in [2.75, 3.05) is 32.7 Å². The third kappa shape index (κ3) is 3.39. The molecule has 28 heavy (non-hydrogen) atoms. The number of aryl methyl sites for hydroxylation is 1. The molecule has 4 rings (SSSR count). The van der Waals surface area contributed by atoms with Gasteiger partial charge in [0.25, 0.3) is 5.91 Å². The van der Waals surface area contributed by atoms with Crippen molar-refractivity contribution >= 4 is 17.8 Å². The third-order valence-electron chi connectivity index (χ3n) is 6.40. The highest BCUT2D eigenvalue weighted by molar-refractivity contribution is 6.09. The molecule has 3 saturated heterocycles. The normalized spacial score (nSPS) is 24.5. The monoisotopic (exact) mass is 384 g/mol. The average Bonchev–Trinajstić information content (AvgIpc) is 2.93. The number of imide groups is 1. The summed E-state index contributed by atoms with van der Waals surface area (Å²) in [6, 6.07) is 7.86. The van der Waals surface area contributed by atoms with E-state index >= 15 is 0 Å². The minimum absolute atomic E-state index is 0.146. The Morgan fingerprint density at radius 1 is 1.21 bits per heavy atom. The first kappa shape index (κ1) is 18.9. The van der Waals surface area contributed by atoms with Crippen molar-refractivity contribution in [3.63, 3.8) is 0 Å². The average molecular weight is 384 g/mol. The molecule has 3 fully saturated rings. The minimum atomic E-state index is -0.825. The molecular formula is C21H28N4O3. The first-order valence-corrected chi connectivity index (χ1v) is 10.2. The maximum Gasteiger partial charge on any atom is 0.325 e. The first-order chi connectivity index (χ1) is 13.5. The van der Waals surface area contributed by atoms with Crippen molar-refractivity contribution in [2.24, 2.45) is 0 Å². The lowest BCUT2D eigenvalue weighted by atomic mass is 9.88. The maximum atomic E-state index is 12.9. The standard InChI is InChI=1S/C21H28N4O3/c1-15-5-2-3-7-17(15)16-6-4-12-24(13-16)18(26)14-25-19(27)21(23-20(25)28)8-10-22-11-9-21/h2-3,5,7,16,22H,4,6,8-14H2,1H3,(H,23,28). The van der Waals surface area contributed by atoms with Crippen molar-refractivity contribution in [3.05, 3.63) is 35.4 Å². The second-order valence-corrected chi connectivity index (χ2v) is 8.19. The van der Waals surface area contributed by atoms with E-state index in [9.17, 15) is 14.4 Å². The van der Waals surface area contributed by atoms with Crippen LogP contribution in [0.2, 0.25) is 0 Å². The van der Waals surface area contributed by atoms with Crippen molar-refractivity contribution in [3.8, 4) is 0 Å². The summed E-state index contributed by atoms with van der Waals surface area (Å²) in [6.07, 6.45) is 3.12. The predicted molar refractivity (Wildman–Crippen MR) is 105 cm³/mol. The van der Waals surface area contributed by atoms with Gasteiger partial charge in [0.05, 0.1) is 0 Å². The molecule has 0 aromatic heterocycles. The van der Waals surface area contributed by atoms with Gasteiger partial charge in [0.1, 0.15) is 12.1 Å². The van der Waals surface area contributed by atoms with Crippen LogP contribution in [0.1, 0.15) is 42.7 Å². The summed E-state index contributed by atoms with van der Waals surface area (Å²) < 4.78 is 0. The largest absolute Gasteiger partial charge is 0.341 e. The van der Waals surface area contributed by atoms with Gasteiger partial charge in [-0.15, -0.1) is 0 Å². The van der Waals surface area contributed by atoms with E-state index in [0.717, 1.165) is 17.7 Å². The Bertz CT molecular complexity index is 788. The molecule has 1 spiro atoms. The number of hydrogen-bond donors (Lipinski definition) is 2. The van der Waals surface area contributed by atoms with E-state index in [-0.39, 0.29) is 18.4 Å². The van der Waals surface area contributed by atoms with E-state index in [1.54, 1.807) is 0 Å². The van der Waals surface area contributed by atoms with Gasteiger partial charge in [-0.1, -0.05) is 24.3 Å². The van der Waals surface area contributed by atoms with E-state index in [4.69, 9.17) is 0 Å². The topological polar surface area (TPSA) is 81.8 Å². The summed E-state index contributed by atoms with van der Waals surface area (Å²) in [6.45, 7) is 4.64. The fourth-order valence-electron chi connectivity index (χ4n) is 4.75. The number of hydrogen-bond acceptors (Lipinski definition) is 4. The first-order valence-electron chi connectivity index (χ1n) is 10.2. The Morgan fingerprint density at radius 2 is 1.96 bits per heavy atom. The molecule has 2 N–H and O–H groups in total. The SMILES string of the molecule is Cc1ccccc1C1CCCN(C(=O)CN2C(=O)NC3(CCNCC3)C2=O)C1. The van der Waals surface area contributed by atoms with E-state index in [1.807, 2.05) is 17.0 Å². The molecule has 1 atom stereocenters. The van der Waals surface area contributed by atoms with Gasteiger partial charge < -0.3 is 15.5 Å². The van der Waals surface area contributed by atoms with Gasteiger partial charge in [-0.25, -0.2) is 4.79 Å². The van der Waals surface area contributed by atoms with Crippen molar-refractivity contribution in [1.82, 2.24) is 20.4 Å². The number of urea groups is 1. The minimum Gasteiger partial charge on any atom is -0.341 e. The van der Waals surface area contributed by atoms with Crippen LogP contribution < -0.4 is 10.6 Å². The highest BCUT2D eigenvalue weighted by Gasteiger charge is 2.52. The Labute approximate surface area is 165 Å². The van der Waals surface area contributed by atoms with Gasteiger partial charge in [-0.3, -0.25) is 14.5 Å². The summed E-state index contributed by atoms with van der Waals surface area (Å²) in [5, 5.41) is 6.05. The zero-order valence-electron chi connectivity index (χ0n) is 16.4. The van der Waals surface area contributed by atoms with Crippen LogP contribution in [0.5, 0.6) is 0 Å². The van der Waals surface area contributed by atoms with Crippen molar-refractivity contribution in [2.45, 2.75) is 44.1 Å². The molecule has 1 aromatic carbocycles. The fourth-order valence-corrected chi connectivity index (χ4v) is 4.75. The van der Waals surface area contributed by atoms with Crippen molar-refractivity contribution < 1.29 is 14.4 Å². The van der Waals surface area contributed by atoms with Crippen LogP contribution in [0, 0.1) is 6.92 Å². The number of piperidine rings is 2. The van der Waals surface area contributed by atoms with Gasteiger partial charge in [0.2, 0.25) is 5.91 Å². The molecule has 7 heteroatoms. The Balaban J connectivity index is 1.43. The summed E-state index contributed by atoms with van der Waals surface area (Å²) >= 11 is 0. The summed E-state index contributed by atoms with van der Waals surface area (Å²) in [7, 11) is 0. The van der Waals surface area contributed by atoms with Gasteiger partial charge in [-0.05, 0) is 56.8 Å². The second kappa shape index (κ2) is 7.54. The quantitative estimate of drug-likeness (QED) is 0.772.